The summed E-state index contributed by atoms with van der Waals surface area (Å²) in [4.78, 5) is 15.4. The number of carboxylic acid groups (broad SMARTS) is 1. The zero-order valence-electron chi connectivity index (χ0n) is 9.93. The molecule has 2 N–H and O–H groups in total. The molecule has 1 aliphatic rings. The van der Waals surface area contributed by atoms with E-state index in [1.54, 1.807) is 19.2 Å². The summed E-state index contributed by atoms with van der Waals surface area (Å²) in [7, 11) is 0. The molecule has 1 aromatic rings. The minimum Gasteiger partial charge on any atom is -0.479 e. The number of pyridine rings is 1. The summed E-state index contributed by atoms with van der Waals surface area (Å²) in [6.45, 7) is 2.24. The highest BCUT2D eigenvalue weighted by molar-refractivity contribution is 5.83. The van der Waals surface area contributed by atoms with E-state index in [9.17, 15) is 9.90 Å². The van der Waals surface area contributed by atoms with Crippen LogP contribution < -0.4 is 5.32 Å². The Labute approximate surface area is 104 Å². The third kappa shape index (κ3) is 2.00. The van der Waals surface area contributed by atoms with Crippen LogP contribution in [0.1, 0.15) is 17.5 Å². The summed E-state index contributed by atoms with van der Waals surface area (Å²) in [5, 5.41) is 21.2. The molecule has 1 aromatic heterocycles. The molecule has 6 heteroatoms. The number of aromatic nitrogens is 1. The van der Waals surface area contributed by atoms with Crippen molar-refractivity contribution in [2.45, 2.75) is 18.9 Å². The van der Waals surface area contributed by atoms with Crippen LogP contribution in [0.4, 0.5) is 5.82 Å². The Morgan fingerprint density at radius 2 is 2.50 bits per heavy atom. The third-order valence-corrected chi connectivity index (χ3v) is 3.06. The highest BCUT2D eigenvalue weighted by atomic mass is 16.5. The van der Waals surface area contributed by atoms with E-state index in [4.69, 9.17) is 10.00 Å². The molecule has 1 saturated heterocycles. The fourth-order valence-corrected chi connectivity index (χ4v) is 1.91. The van der Waals surface area contributed by atoms with Crippen LogP contribution in [-0.2, 0) is 9.53 Å². The predicted molar refractivity (Wildman–Crippen MR) is 63.1 cm³/mol. The Morgan fingerprint density at radius 3 is 3.06 bits per heavy atom. The van der Waals surface area contributed by atoms with E-state index < -0.39 is 11.5 Å². The lowest BCUT2D eigenvalue weighted by Gasteiger charge is -2.25. The van der Waals surface area contributed by atoms with Gasteiger partial charge < -0.3 is 15.2 Å². The van der Waals surface area contributed by atoms with Gasteiger partial charge in [-0.1, -0.05) is 0 Å². The molecule has 2 heterocycles. The summed E-state index contributed by atoms with van der Waals surface area (Å²) < 4.78 is 5.14. The molecule has 2 rings (SSSR count). The van der Waals surface area contributed by atoms with Crippen molar-refractivity contribution in [2.24, 2.45) is 0 Å². The number of nitrogens with one attached hydrogen (secondary N) is 1. The molecule has 0 bridgehead atoms. The van der Waals surface area contributed by atoms with Crippen molar-refractivity contribution in [2.75, 3.05) is 18.5 Å². The Morgan fingerprint density at radius 1 is 1.72 bits per heavy atom. The van der Waals surface area contributed by atoms with E-state index in [0.29, 0.717) is 24.4 Å². The number of aryl methyl sites for hydroxylation is 1. The fourth-order valence-electron chi connectivity index (χ4n) is 1.91. The van der Waals surface area contributed by atoms with Crippen LogP contribution in [0.3, 0.4) is 0 Å². The Hall–Kier alpha value is -2.13. The van der Waals surface area contributed by atoms with Crippen molar-refractivity contribution in [1.82, 2.24) is 4.98 Å². The van der Waals surface area contributed by atoms with E-state index in [-0.39, 0.29) is 6.61 Å². The standard InChI is InChI=1S/C12H13N3O3/c1-8-2-4-14-10(9(8)6-13)15-12(11(16)17)3-5-18-7-12/h2,4H,3,5,7H2,1H3,(H,14,15)(H,16,17). The largest absolute Gasteiger partial charge is 0.479 e. The minimum absolute atomic E-state index is 0.0722. The van der Waals surface area contributed by atoms with E-state index in [1.807, 2.05) is 6.07 Å². The van der Waals surface area contributed by atoms with Crippen LogP contribution in [0.25, 0.3) is 0 Å². The molecule has 0 spiro atoms. The molecule has 0 radical (unpaired) electrons. The molecule has 1 atom stereocenters. The monoisotopic (exact) mass is 247 g/mol. The number of ether oxygens (including phenoxy) is 1. The molecular formula is C12H13N3O3. The summed E-state index contributed by atoms with van der Waals surface area (Å²) in [6, 6.07) is 3.75. The number of hydrogen-bond acceptors (Lipinski definition) is 5. The lowest BCUT2D eigenvalue weighted by atomic mass is 9.98. The maximum atomic E-state index is 11.4. The maximum Gasteiger partial charge on any atom is 0.331 e. The van der Waals surface area contributed by atoms with E-state index >= 15 is 0 Å². The molecule has 94 valence electrons. The van der Waals surface area contributed by atoms with Crippen molar-refractivity contribution in [3.05, 3.63) is 23.4 Å². The van der Waals surface area contributed by atoms with Crippen molar-refractivity contribution in [1.29, 1.82) is 5.26 Å². The van der Waals surface area contributed by atoms with Crippen molar-refractivity contribution >= 4 is 11.8 Å². The summed E-state index contributed by atoms with van der Waals surface area (Å²) in [5.41, 5.74) is -0.0636. The second kappa shape index (κ2) is 4.63. The first-order chi connectivity index (χ1) is 8.59. The summed E-state index contributed by atoms with van der Waals surface area (Å²) in [5.74, 6) is -0.697. The van der Waals surface area contributed by atoms with Crippen LogP contribution in [-0.4, -0.2) is 34.8 Å². The first kappa shape index (κ1) is 12.3. The Balaban J connectivity index is 2.37. The van der Waals surface area contributed by atoms with Crippen LogP contribution in [0, 0.1) is 18.3 Å². The summed E-state index contributed by atoms with van der Waals surface area (Å²) in [6.07, 6.45) is 1.90. The van der Waals surface area contributed by atoms with Gasteiger partial charge in [0.2, 0.25) is 0 Å². The first-order valence-electron chi connectivity index (χ1n) is 5.54. The number of hydrogen-bond donors (Lipinski definition) is 2. The minimum atomic E-state index is -1.19. The van der Waals surface area contributed by atoms with Gasteiger partial charge in [-0.2, -0.15) is 5.26 Å². The predicted octanol–water partition coefficient (Wildman–Crippen LogP) is 0.917. The quantitative estimate of drug-likeness (QED) is 0.824. The van der Waals surface area contributed by atoms with E-state index in [1.165, 1.54) is 0 Å². The van der Waals surface area contributed by atoms with E-state index in [0.717, 1.165) is 5.56 Å². The molecule has 6 nitrogen and oxygen atoms in total. The normalized spacial score (nSPS) is 22.4. The molecule has 0 amide bonds. The average Bonchev–Trinajstić information content (AvgIpc) is 2.79. The Kier molecular flexibility index (Phi) is 3.17. The first-order valence-corrected chi connectivity index (χ1v) is 5.54. The number of rotatable bonds is 3. The van der Waals surface area contributed by atoms with Gasteiger partial charge in [0.05, 0.1) is 12.2 Å². The number of carboxylic acids is 1. The SMILES string of the molecule is Cc1ccnc(NC2(C(=O)O)CCOC2)c1C#N. The van der Waals surface area contributed by atoms with Gasteiger partial charge in [-0.05, 0) is 18.6 Å². The van der Waals surface area contributed by atoms with Gasteiger partial charge in [0.25, 0.3) is 0 Å². The van der Waals surface area contributed by atoms with Gasteiger partial charge >= 0.3 is 5.97 Å². The zero-order valence-corrected chi connectivity index (χ0v) is 9.93. The number of carbonyl (C=O) groups is 1. The zero-order chi connectivity index (χ0) is 13.2. The molecule has 0 aliphatic carbocycles. The average molecular weight is 247 g/mol. The summed E-state index contributed by atoms with van der Waals surface area (Å²) >= 11 is 0. The second-order valence-electron chi connectivity index (χ2n) is 4.28. The third-order valence-electron chi connectivity index (χ3n) is 3.06. The smallest absolute Gasteiger partial charge is 0.331 e. The molecule has 1 aliphatic heterocycles. The van der Waals surface area contributed by atoms with Crippen LogP contribution in [0.2, 0.25) is 0 Å². The number of aliphatic carboxylic acids is 1. The Bertz CT molecular complexity index is 516. The highest BCUT2D eigenvalue weighted by Gasteiger charge is 2.43. The second-order valence-corrected chi connectivity index (χ2v) is 4.28. The fraction of sp³-hybridized carbons (Fsp3) is 0.417. The van der Waals surface area contributed by atoms with Gasteiger partial charge in [-0.3, -0.25) is 0 Å². The molecule has 0 saturated carbocycles. The van der Waals surface area contributed by atoms with Gasteiger partial charge in [0, 0.05) is 19.2 Å². The van der Waals surface area contributed by atoms with Crippen molar-refractivity contribution < 1.29 is 14.6 Å². The molecule has 1 unspecified atom stereocenters. The van der Waals surface area contributed by atoms with Crippen molar-refractivity contribution in [3.63, 3.8) is 0 Å². The van der Waals surface area contributed by atoms with E-state index in [2.05, 4.69) is 10.3 Å². The van der Waals surface area contributed by atoms with Gasteiger partial charge in [-0.15, -0.1) is 0 Å². The van der Waals surface area contributed by atoms with Gasteiger partial charge in [0.1, 0.15) is 11.9 Å². The number of nitrogens with zero attached hydrogens (tertiary/aromatic N) is 2. The number of nitriles is 1. The van der Waals surface area contributed by atoms with Crippen molar-refractivity contribution in [3.8, 4) is 6.07 Å². The van der Waals surface area contributed by atoms with Crippen LogP contribution in [0.5, 0.6) is 0 Å². The topological polar surface area (TPSA) is 95.2 Å². The number of anilines is 1. The molecule has 18 heavy (non-hydrogen) atoms. The van der Waals surface area contributed by atoms with Gasteiger partial charge in [-0.25, -0.2) is 9.78 Å². The molecule has 0 aromatic carbocycles. The molecular weight excluding hydrogens is 234 g/mol. The lowest BCUT2D eigenvalue weighted by molar-refractivity contribution is -0.142. The highest BCUT2D eigenvalue weighted by Crippen LogP contribution is 2.26. The molecule has 1 fully saturated rings. The van der Waals surface area contributed by atoms with Crippen LogP contribution >= 0.6 is 0 Å². The van der Waals surface area contributed by atoms with Gasteiger partial charge in [0.15, 0.2) is 5.54 Å². The lowest BCUT2D eigenvalue weighted by Crippen LogP contribution is -2.47. The maximum absolute atomic E-state index is 11.4. The van der Waals surface area contributed by atoms with Crippen LogP contribution in [0.15, 0.2) is 12.3 Å².